The van der Waals surface area contributed by atoms with Crippen LogP contribution in [-0.4, -0.2) is 0 Å². The molecule has 0 nitrogen and oxygen atoms in total. The third-order valence-corrected chi connectivity index (χ3v) is 16.2. The minimum atomic E-state index is -2.58. The number of halogens is 2. The molecule has 0 N–H and O–H groups in total. The standard InChI is InChI=1S/C13H9.C9H11.CH4.2CH3.2ClH.Zr/c1-3-7-12-10(5-1)9-11-6-2-4-8-13(11)12;1-2-3-6-9-7-4-5-8-9;;;;;;/h1-9H;2,4,7H,1,3,5-6H2;1H4;2*1H3;2*1H;/q;;;;;;;+2/p-2. The van der Waals surface area contributed by atoms with Crippen LogP contribution in [0.25, 0.3) is 11.1 Å². The first-order valence-corrected chi connectivity index (χ1v) is 16.9. The zero-order valence-electron chi connectivity index (χ0n) is 16.0. The number of hydrogen-bond acceptors (Lipinski definition) is 0. The normalized spacial score (nSPS) is 13.9. The van der Waals surface area contributed by atoms with E-state index in [0.717, 1.165) is 12.8 Å². The summed E-state index contributed by atoms with van der Waals surface area (Å²) in [6.07, 6.45) is 10.3. The van der Waals surface area contributed by atoms with Gasteiger partial charge in [0.25, 0.3) is 0 Å². The smallest absolute Gasteiger partial charge is 1.00 e. The van der Waals surface area contributed by atoms with E-state index in [9.17, 15) is 0 Å². The Balaban J connectivity index is 0.00000131. The molecular weight excluding hydrogens is 462 g/mol. The molecule has 0 fully saturated rings. The molecule has 2 aliphatic rings. The SMILES string of the molecule is C.C=CCCC1=[C]([Zr+2]([CH3])([CH3])[CH]2c3ccccc3-c3ccccc32)CC=C1.[Cl-].[Cl-]. The average Bonchev–Trinajstić information content (AvgIpc) is 3.23. The Hall–Kier alpha value is -0.877. The molecule has 0 spiro atoms. The second-order valence-corrected chi connectivity index (χ2v) is 19.1. The summed E-state index contributed by atoms with van der Waals surface area (Å²) in [6.45, 7) is 3.92. The first kappa shape index (κ1) is 25.2. The van der Waals surface area contributed by atoms with Gasteiger partial charge in [-0.15, -0.1) is 0 Å². The molecule has 0 unspecified atom stereocenters. The molecular formula is C25H30Cl2Zr. The summed E-state index contributed by atoms with van der Waals surface area (Å²) in [5, 5.41) is 0. The summed E-state index contributed by atoms with van der Waals surface area (Å²) in [4.78, 5) is 0. The van der Waals surface area contributed by atoms with Crippen molar-refractivity contribution in [3.63, 3.8) is 0 Å². The van der Waals surface area contributed by atoms with Crippen LogP contribution in [-0.2, 0) is 20.3 Å². The van der Waals surface area contributed by atoms with E-state index in [0.29, 0.717) is 3.63 Å². The maximum atomic E-state index is 3.92. The molecule has 4 rings (SSSR count). The van der Waals surface area contributed by atoms with Gasteiger partial charge in [-0.3, -0.25) is 0 Å². The van der Waals surface area contributed by atoms with Gasteiger partial charge in [0, 0.05) is 0 Å². The van der Waals surface area contributed by atoms with Crippen LogP contribution >= 0.6 is 0 Å². The van der Waals surface area contributed by atoms with Crippen LogP contribution in [0.2, 0.25) is 9.26 Å². The minimum absolute atomic E-state index is 0. The van der Waals surface area contributed by atoms with Crippen molar-refractivity contribution in [2.24, 2.45) is 0 Å². The van der Waals surface area contributed by atoms with Crippen molar-refractivity contribution < 1.29 is 45.1 Å². The zero-order valence-corrected chi connectivity index (χ0v) is 20.0. The molecule has 0 saturated heterocycles. The molecule has 0 aromatic heterocycles. The van der Waals surface area contributed by atoms with Gasteiger partial charge in [-0.05, 0) is 0 Å². The van der Waals surface area contributed by atoms with Gasteiger partial charge in [0.2, 0.25) is 0 Å². The van der Waals surface area contributed by atoms with Crippen LogP contribution < -0.4 is 24.8 Å². The maximum Gasteiger partial charge on any atom is -1.00 e. The summed E-state index contributed by atoms with van der Waals surface area (Å²) in [5.41, 5.74) is 7.70. The Kier molecular flexibility index (Phi) is 9.20. The largest absolute Gasteiger partial charge is 1.00 e. The van der Waals surface area contributed by atoms with Crippen LogP contribution in [0.3, 0.4) is 0 Å². The molecule has 148 valence electrons. The van der Waals surface area contributed by atoms with Gasteiger partial charge in [-0.25, -0.2) is 0 Å². The predicted octanol–water partition coefficient (Wildman–Crippen LogP) is 1.83. The van der Waals surface area contributed by atoms with E-state index in [1.165, 1.54) is 17.5 Å². The van der Waals surface area contributed by atoms with Gasteiger partial charge >= 0.3 is 157 Å². The molecule has 0 atom stereocenters. The minimum Gasteiger partial charge on any atom is -1.00 e. The van der Waals surface area contributed by atoms with E-state index in [1.807, 2.05) is 3.28 Å². The number of allylic oxidation sites excluding steroid dienone is 5. The van der Waals surface area contributed by atoms with E-state index in [1.54, 1.807) is 16.7 Å². The van der Waals surface area contributed by atoms with E-state index < -0.39 is 20.3 Å². The van der Waals surface area contributed by atoms with E-state index in [4.69, 9.17) is 0 Å². The molecule has 28 heavy (non-hydrogen) atoms. The van der Waals surface area contributed by atoms with E-state index in [2.05, 4.69) is 82.6 Å². The fourth-order valence-electron chi connectivity index (χ4n) is 4.83. The number of rotatable bonds is 5. The Morgan fingerprint density at radius 3 is 2.04 bits per heavy atom. The summed E-state index contributed by atoms with van der Waals surface area (Å²) in [6, 6.07) is 18.2. The zero-order chi connectivity index (χ0) is 17.4. The second-order valence-electron chi connectivity index (χ2n) is 7.77. The first-order valence-electron chi connectivity index (χ1n) is 9.32. The Morgan fingerprint density at radius 1 is 0.964 bits per heavy atom. The van der Waals surface area contributed by atoms with E-state index >= 15 is 0 Å². The molecule has 2 aromatic carbocycles. The Bertz CT molecular complexity index is 847. The predicted molar refractivity (Wildman–Crippen MR) is 112 cm³/mol. The van der Waals surface area contributed by atoms with Crippen molar-refractivity contribution in [3.05, 3.63) is 93.3 Å². The topological polar surface area (TPSA) is 0 Å². The Morgan fingerprint density at radius 2 is 1.50 bits per heavy atom. The van der Waals surface area contributed by atoms with Crippen LogP contribution in [0, 0.1) is 0 Å². The monoisotopic (exact) mass is 490 g/mol. The van der Waals surface area contributed by atoms with Crippen LogP contribution in [0.15, 0.2) is 82.2 Å². The molecule has 2 aromatic rings. The second kappa shape index (κ2) is 10.2. The number of benzene rings is 2. The summed E-state index contributed by atoms with van der Waals surface area (Å²) >= 11 is -2.58. The molecule has 0 heterocycles. The third-order valence-electron chi connectivity index (χ3n) is 5.98. The van der Waals surface area contributed by atoms with Crippen molar-refractivity contribution >= 4 is 0 Å². The third kappa shape index (κ3) is 4.18. The number of hydrogen-bond donors (Lipinski definition) is 0. The van der Waals surface area contributed by atoms with Gasteiger partial charge in [0.05, 0.1) is 0 Å². The summed E-state index contributed by atoms with van der Waals surface area (Å²) in [5.74, 6) is 0. The molecule has 2 aliphatic carbocycles. The van der Waals surface area contributed by atoms with Crippen molar-refractivity contribution in [1.29, 1.82) is 0 Å². The summed E-state index contributed by atoms with van der Waals surface area (Å²) in [7, 11) is 0. The molecule has 0 bridgehead atoms. The molecule has 0 radical (unpaired) electrons. The van der Waals surface area contributed by atoms with Crippen molar-refractivity contribution in [3.8, 4) is 11.1 Å². The molecule has 0 aliphatic heterocycles. The molecule has 3 heteroatoms. The quantitative estimate of drug-likeness (QED) is 0.559. The average molecular weight is 493 g/mol. The fourth-order valence-corrected chi connectivity index (χ4v) is 14.9. The first-order chi connectivity index (χ1) is 12.1. The van der Waals surface area contributed by atoms with Crippen molar-refractivity contribution in [2.75, 3.05) is 0 Å². The molecule has 0 amide bonds. The summed E-state index contributed by atoms with van der Waals surface area (Å²) < 4.78 is 7.74. The fraction of sp³-hybridized carbons (Fsp3) is 0.280. The van der Waals surface area contributed by atoms with Gasteiger partial charge < -0.3 is 24.8 Å². The van der Waals surface area contributed by atoms with Gasteiger partial charge in [0.1, 0.15) is 0 Å². The van der Waals surface area contributed by atoms with Crippen LogP contribution in [0.5, 0.6) is 0 Å². The van der Waals surface area contributed by atoms with Gasteiger partial charge in [-0.1, -0.05) is 7.43 Å². The maximum absolute atomic E-state index is 3.92. The van der Waals surface area contributed by atoms with E-state index in [-0.39, 0.29) is 32.2 Å². The van der Waals surface area contributed by atoms with Crippen LogP contribution in [0.4, 0.5) is 0 Å². The van der Waals surface area contributed by atoms with Gasteiger partial charge in [0.15, 0.2) is 0 Å². The number of fused-ring (bicyclic) bond motifs is 3. The van der Waals surface area contributed by atoms with Crippen molar-refractivity contribution in [1.82, 2.24) is 0 Å². The van der Waals surface area contributed by atoms with Crippen LogP contribution in [0.1, 0.15) is 41.4 Å². The molecule has 0 saturated carbocycles. The van der Waals surface area contributed by atoms with Gasteiger partial charge in [-0.2, -0.15) is 0 Å². The van der Waals surface area contributed by atoms with Crippen molar-refractivity contribution in [2.45, 2.75) is 39.6 Å². The Labute approximate surface area is 188 Å².